The number of rotatable bonds is 7. The van der Waals surface area contributed by atoms with Gasteiger partial charge < -0.3 is 10.5 Å². The first-order valence-electron chi connectivity index (χ1n) is 6.47. The fraction of sp³-hybridized carbons (Fsp3) is 0.917. The molecule has 0 aliphatic carbocycles. The molecule has 1 saturated heterocycles. The second-order valence-corrected chi connectivity index (χ2v) is 7.23. The van der Waals surface area contributed by atoms with Crippen LogP contribution in [0, 0.1) is 5.41 Å². The van der Waals surface area contributed by atoms with Crippen molar-refractivity contribution in [1.82, 2.24) is 0 Å². The average molecular weight is 277 g/mol. The summed E-state index contributed by atoms with van der Waals surface area (Å²) in [6.07, 6.45) is 1.89. The Labute approximate surface area is 109 Å². The number of carbonyl (C=O) groups excluding carboxylic acids is 1. The molecule has 0 spiro atoms. The highest BCUT2D eigenvalue weighted by Crippen LogP contribution is 2.31. The second kappa shape index (κ2) is 6.63. The SMILES string of the molecule is CCCS(=O)(=O)CCC(=O)C1(CN)CCOCC1. The number of ether oxygens (including phenoxy) is 1. The Hall–Kier alpha value is -0.460. The highest BCUT2D eigenvalue weighted by molar-refractivity contribution is 7.91. The number of ketones is 1. The lowest BCUT2D eigenvalue weighted by Gasteiger charge is -2.34. The van der Waals surface area contributed by atoms with E-state index in [0.29, 0.717) is 32.5 Å². The normalized spacial score (nSPS) is 19.7. The number of Topliss-reactive ketones (excluding diaryl/α,β-unsaturated/α-hetero) is 1. The van der Waals surface area contributed by atoms with Crippen molar-refractivity contribution in [2.45, 2.75) is 32.6 Å². The molecule has 1 fully saturated rings. The van der Waals surface area contributed by atoms with Crippen molar-refractivity contribution < 1.29 is 17.9 Å². The van der Waals surface area contributed by atoms with E-state index in [4.69, 9.17) is 10.5 Å². The summed E-state index contributed by atoms with van der Waals surface area (Å²) < 4.78 is 28.4. The maximum atomic E-state index is 12.2. The minimum atomic E-state index is -3.09. The van der Waals surface area contributed by atoms with Crippen LogP contribution in [0.1, 0.15) is 32.6 Å². The lowest BCUT2D eigenvalue weighted by molar-refractivity contribution is -0.133. The molecule has 0 radical (unpaired) electrons. The summed E-state index contributed by atoms with van der Waals surface area (Å²) >= 11 is 0. The van der Waals surface area contributed by atoms with Crippen LogP contribution >= 0.6 is 0 Å². The Bertz CT molecular complexity index is 372. The smallest absolute Gasteiger partial charge is 0.150 e. The third-order valence-electron chi connectivity index (χ3n) is 3.59. The molecule has 1 aliphatic heterocycles. The van der Waals surface area contributed by atoms with Gasteiger partial charge in [-0.1, -0.05) is 6.92 Å². The van der Waals surface area contributed by atoms with E-state index in [-0.39, 0.29) is 30.3 Å². The van der Waals surface area contributed by atoms with Crippen molar-refractivity contribution in [2.24, 2.45) is 11.1 Å². The van der Waals surface area contributed by atoms with Crippen molar-refractivity contribution >= 4 is 15.6 Å². The van der Waals surface area contributed by atoms with Gasteiger partial charge in [0.25, 0.3) is 0 Å². The van der Waals surface area contributed by atoms with Crippen molar-refractivity contribution in [3.8, 4) is 0 Å². The lowest BCUT2D eigenvalue weighted by atomic mass is 9.75. The molecule has 0 atom stereocenters. The third kappa shape index (κ3) is 4.03. The van der Waals surface area contributed by atoms with Crippen LogP contribution in [0.4, 0.5) is 0 Å². The standard InChI is InChI=1S/C12H23NO4S/c1-2-8-18(15,16)9-3-11(14)12(10-13)4-6-17-7-5-12/h2-10,13H2,1H3. The molecule has 2 N–H and O–H groups in total. The van der Waals surface area contributed by atoms with Crippen LogP contribution in [0.15, 0.2) is 0 Å². The largest absolute Gasteiger partial charge is 0.381 e. The molecule has 0 aromatic carbocycles. The summed E-state index contributed by atoms with van der Waals surface area (Å²) in [6.45, 7) is 3.16. The van der Waals surface area contributed by atoms with Gasteiger partial charge in [0.2, 0.25) is 0 Å². The molecular formula is C12H23NO4S. The zero-order chi connectivity index (χ0) is 13.6. The highest BCUT2D eigenvalue weighted by atomic mass is 32.2. The zero-order valence-electron chi connectivity index (χ0n) is 11.0. The fourth-order valence-corrected chi connectivity index (χ4v) is 3.61. The van der Waals surface area contributed by atoms with E-state index in [1.807, 2.05) is 6.92 Å². The third-order valence-corrected chi connectivity index (χ3v) is 5.44. The van der Waals surface area contributed by atoms with E-state index in [1.54, 1.807) is 0 Å². The molecule has 0 saturated carbocycles. The Kier molecular flexibility index (Phi) is 5.75. The maximum Gasteiger partial charge on any atom is 0.150 e. The first-order chi connectivity index (χ1) is 8.46. The van der Waals surface area contributed by atoms with E-state index in [1.165, 1.54) is 0 Å². The first-order valence-corrected chi connectivity index (χ1v) is 8.29. The zero-order valence-corrected chi connectivity index (χ0v) is 11.8. The van der Waals surface area contributed by atoms with Crippen LogP contribution in [0.2, 0.25) is 0 Å². The van der Waals surface area contributed by atoms with Gasteiger partial charge in [-0.2, -0.15) is 0 Å². The monoisotopic (exact) mass is 277 g/mol. The Morgan fingerprint density at radius 2 is 1.89 bits per heavy atom. The number of hydrogen-bond donors (Lipinski definition) is 1. The van der Waals surface area contributed by atoms with Crippen molar-refractivity contribution in [3.05, 3.63) is 0 Å². The van der Waals surface area contributed by atoms with E-state index in [9.17, 15) is 13.2 Å². The molecule has 0 unspecified atom stereocenters. The predicted molar refractivity (Wildman–Crippen MR) is 70.1 cm³/mol. The van der Waals surface area contributed by atoms with Crippen LogP contribution in [0.3, 0.4) is 0 Å². The minimum Gasteiger partial charge on any atom is -0.381 e. The Balaban J connectivity index is 2.58. The van der Waals surface area contributed by atoms with Gasteiger partial charge in [0.15, 0.2) is 9.84 Å². The summed E-state index contributed by atoms with van der Waals surface area (Å²) in [7, 11) is -3.09. The fourth-order valence-electron chi connectivity index (χ4n) is 2.29. The van der Waals surface area contributed by atoms with E-state index < -0.39 is 15.3 Å². The molecule has 0 aromatic rings. The quantitative estimate of drug-likeness (QED) is 0.733. The van der Waals surface area contributed by atoms with Gasteiger partial charge in [-0.25, -0.2) is 8.42 Å². The Morgan fingerprint density at radius 3 is 2.39 bits per heavy atom. The predicted octanol–water partition coefficient (Wildman–Crippen LogP) is 0.526. The lowest BCUT2D eigenvalue weighted by Crippen LogP contribution is -2.43. The van der Waals surface area contributed by atoms with Crippen LogP contribution < -0.4 is 5.73 Å². The second-order valence-electron chi connectivity index (χ2n) is 4.92. The molecule has 1 heterocycles. The topological polar surface area (TPSA) is 86.5 Å². The van der Waals surface area contributed by atoms with Gasteiger partial charge in [0.1, 0.15) is 5.78 Å². The van der Waals surface area contributed by atoms with E-state index in [2.05, 4.69) is 0 Å². The molecule has 0 amide bonds. The molecule has 1 aliphatic rings. The molecule has 6 heteroatoms. The van der Waals surface area contributed by atoms with Gasteiger partial charge in [-0.3, -0.25) is 4.79 Å². The van der Waals surface area contributed by atoms with Gasteiger partial charge in [0.05, 0.1) is 5.75 Å². The minimum absolute atomic E-state index is 0.0204. The molecule has 106 valence electrons. The molecule has 5 nitrogen and oxygen atoms in total. The summed E-state index contributed by atoms with van der Waals surface area (Å²) in [5.41, 5.74) is 5.16. The van der Waals surface area contributed by atoms with E-state index in [0.717, 1.165) is 0 Å². The van der Waals surface area contributed by atoms with Gasteiger partial charge in [-0.05, 0) is 19.3 Å². The van der Waals surface area contributed by atoms with E-state index >= 15 is 0 Å². The average Bonchev–Trinajstić information content (AvgIpc) is 2.37. The Morgan fingerprint density at radius 1 is 1.28 bits per heavy atom. The molecule has 0 aromatic heterocycles. The molecular weight excluding hydrogens is 254 g/mol. The highest BCUT2D eigenvalue weighted by Gasteiger charge is 2.38. The number of nitrogens with two attached hydrogens (primary N) is 1. The van der Waals surface area contributed by atoms with Gasteiger partial charge >= 0.3 is 0 Å². The molecule has 0 bridgehead atoms. The van der Waals surface area contributed by atoms with Crippen LogP contribution in [-0.4, -0.2) is 45.5 Å². The molecule has 1 rings (SSSR count). The first kappa shape index (κ1) is 15.6. The summed E-state index contributed by atoms with van der Waals surface area (Å²) in [5, 5.41) is 0. The summed E-state index contributed by atoms with van der Waals surface area (Å²) in [5.74, 6) is 0.0781. The van der Waals surface area contributed by atoms with Crippen molar-refractivity contribution in [3.63, 3.8) is 0 Å². The van der Waals surface area contributed by atoms with Crippen molar-refractivity contribution in [1.29, 1.82) is 0 Å². The maximum absolute atomic E-state index is 12.2. The number of carbonyl (C=O) groups is 1. The summed E-state index contributed by atoms with van der Waals surface area (Å²) in [4.78, 5) is 12.2. The number of hydrogen-bond acceptors (Lipinski definition) is 5. The van der Waals surface area contributed by atoms with Gasteiger partial charge in [-0.15, -0.1) is 0 Å². The van der Waals surface area contributed by atoms with Crippen LogP contribution in [0.25, 0.3) is 0 Å². The van der Waals surface area contributed by atoms with Crippen LogP contribution in [-0.2, 0) is 19.4 Å². The summed E-state index contributed by atoms with van der Waals surface area (Å²) in [6, 6.07) is 0. The van der Waals surface area contributed by atoms with Gasteiger partial charge in [0, 0.05) is 37.3 Å². The van der Waals surface area contributed by atoms with Crippen molar-refractivity contribution in [2.75, 3.05) is 31.3 Å². The molecule has 18 heavy (non-hydrogen) atoms. The number of sulfone groups is 1. The van der Waals surface area contributed by atoms with Crippen LogP contribution in [0.5, 0.6) is 0 Å².